The maximum Gasteiger partial charge on any atom is 0.257 e. The van der Waals surface area contributed by atoms with Gasteiger partial charge in [-0.25, -0.2) is 0 Å². The van der Waals surface area contributed by atoms with E-state index < -0.39 is 0 Å². The second-order valence-corrected chi connectivity index (χ2v) is 7.30. The molecule has 3 aromatic heterocycles. The highest BCUT2D eigenvalue weighted by atomic mass is 32.1. The van der Waals surface area contributed by atoms with E-state index in [1.54, 1.807) is 22.1 Å². The first-order chi connectivity index (χ1) is 11.8. The molecule has 24 heavy (non-hydrogen) atoms. The van der Waals surface area contributed by atoms with E-state index in [2.05, 4.69) is 32.6 Å². The summed E-state index contributed by atoms with van der Waals surface area (Å²) in [6.07, 6.45) is 8.98. The van der Waals surface area contributed by atoms with E-state index in [4.69, 9.17) is 0 Å². The number of amides is 1. The van der Waals surface area contributed by atoms with Crippen LogP contribution in [-0.2, 0) is 6.42 Å². The number of rotatable bonds is 3. The molecule has 5 nitrogen and oxygen atoms in total. The highest BCUT2D eigenvalue weighted by Crippen LogP contribution is 2.24. The minimum atomic E-state index is 0.0806. The van der Waals surface area contributed by atoms with Gasteiger partial charge in [0.25, 0.3) is 5.91 Å². The van der Waals surface area contributed by atoms with Crippen molar-refractivity contribution in [3.8, 4) is 0 Å². The van der Waals surface area contributed by atoms with Gasteiger partial charge in [-0.2, -0.15) is 0 Å². The molecule has 3 aromatic rings. The van der Waals surface area contributed by atoms with E-state index in [-0.39, 0.29) is 11.9 Å². The first kappa shape index (κ1) is 15.3. The molecule has 4 heterocycles. The summed E-state index contributed by atoms with van der Waals surface area (Å²) >= 11 is 1.77. The normalized spacial score (nSPS) is 18.7. The van der Waals surface area contributed by atoms with Gasteiger partial charge in [-0.3, -0.25) is 9.20 Å². The Balaban J connectivity index is 1.65. The quantitative estimate of drug-likeness (QED) is 0.734. The van der Waals surface area contributed by atoms with Gasteiger partial charge in [0.05, 0.1) is 5.56 Å². The second-order valence-electron chi connectivity index (χ2n) is 6.27. The third-order valence-corrected chi connectivity index (χ3v) is 5.61. The number of carbonyl (C=O) groups excluding carboxylic acids is 1. The van der Waals surface area contributed by atoms with E-state index in [9.17, 15) is 4.79 Å². The largest absolute Gasteiger partial charge is 0.335 e. The minimum absolute atomic E-state index is 0.0806. The van der Waals surface area contributed by atoms with E-state index in [1.807, 2.05) is 18.3 Å². The molecule has 6 heteroatoms. The van der Waals surface area contributed by atoms with Crippen LogP contribution in [0, 0.1) is 0 Å². The van der Waals surface area contributed by atoms with Crippen LogP contribution in [0.3, 0.4) is 0 Å². The maximum atomic E-state index is 13.3. The summed E-state index contributed by atoms with van der Waals surface area (Å²) in [5.74, 6) is 0.0806. The third-order valence-electron chi connectivity index (χ3n) is 4.71. The number of likely N-dealkylation sites (tertiary alicyclic amines) is 1. The molecule has 0 N–H and O–H groups in total. The van der Waals surface area contributed by atoms with Crippen molar-refractivity contribution in [3.05, 3.63) is 52.6 Å². The zero-order valence-electron chi connectivity index (χ0n) is 13.5. The summed E-state index contributed by atoms with van der Waals surface area (Å²) in [7, 11) is 0. The average Bonchev–Trinajstić information content (AvgIpc) is 3.22. The number of nitrogens with zero attached hydrogens (tertiary/aromatic N) is 4. The summed E-state index contributed by atoms with van der Waals surface area (Å²) in [4.78, 5) is 16.7. The van der Waals surface area contributed by atoms with Crippen molar-refractivity contribution in [1.82, 2.24) is 19.5 Å². The first-order valence-electron chi connectivity index (χ1n) is 8.44. The molecule has 0 aliphatic carbocycles. The predicted octanol–water partition coefficient (Wildman–Crippen LogP) is 3.42. The Hall–Kier alpha value is -2.21. The van der Waals surface area contributed by atoms with E-state index in [0.717, 1.165) is 25.8 Å². The SMILES string of the molecule is O=C(c1cccn2cnnc12)N1CCCCCC1Cc1cccs1. The lowest BCUT2D eigenvalue weighted by molar-refractivity contribution is 0.0684. The standard InChI is InChI=1S/C18H20N4OS/c23-18(16-8-4-9-21-13-19-20-17(16)21)22-10-3-1-2-6-14(22)12-15-7-5-11-24-15/h4-5,7-9,11,13-14H,1-3,6,10,12H2. The maximum absolute atomic E-state index is 13.3. The average molecular weight is 340 g/mol. The number of hydrogen-bond donors (Lipinski definition) is 0. The Kier molecular flexibility index (Phi) is 4.30. The molecule has 1 aliphatic heterocycles. The molecular formula is C18H20N4OS. The molecule has 1 amide bonds. The summed E-state index contributed by atoms with van der Waals surface area (Å²) in [6.45, 7) is 0.823. The molecule has 1 aliphatic rings. The summed E-state index contributed by atoms with van der Waals surface area (Å²) in [5, 5.41) is 10.2. The zero-order valence-corrected chi connectivity index (χ0v) is 14.3. The van der Waals surface area contributed by atoms with Crippen LogP contribution in [0.2, 0.25) is 0 Å². The van der Waals surface area contributed by atoms with Crippen LogP contribution in [-0.4, -0.2) is 38.0 Å². The van der Waals surface area contributed by atoms with Gasteiger partial charge in [0.1, 0.15) is 6.33 Å². The van der Waals surface area contributed by atoms with Gasteiger partial charge in [0, 0.05) is 30.1 Å². The van der Waals surface area contributed by atoms with Crippen molar-refractivity contribution >= 4 is 22.9 Å². The predicted molar refractivity (Wildman–Crippen MR) is 94.3 cm³/mol. The first-order valence-corrected chi connectivity index (χ1v) is 9.32. The van der Waals surface area contributed by atoms with Crippen LogP contribution in [0.5, 0.6) is 0 Å². The van der Waals surface area contributed by atoms with Crippen LogP contribution >= 0.6 is 11.3 Å². The van der Waals surface area contributed by atoms with Gasteiger partial charge in [0.15, 0.2) is 5.65 Å². The topological polar surface area (TPSA) is 50.5 Å². The number of aromatic nitrogens is 3. The molecule has 0 saturated carbocycles. The number of hydrogen-bond acceptors (Lipinski definition) is 4. The van der Waals surface area contributed by atoms with Gasteiger partial charge in [-0.05, 0) is 36.4 Å². The Morgan fingerprint density at radius 2 is 2.21 bits per heavy atom. The Bertz CT molecular complexity index is 827. The highest BCUT2D eigenvalue weighted by molar-refractivity contribution is 7.09. The van der Waals surface area contributed by atoms with Crippen molar-refractivity contribution in [1.29, 1.82) is 0 Å². The van der Waals surface area contributed by atoms with Crippen LogP contribution < -0.4 is 0 Å². The molecular weight excluding hydrogens is 320 g/mol. The Morgan fingerprint density at radius 3 is 3.08 bits per heavy atom. The zero-order chi connectivity index (χ0) is 16.4. The smallest absolute Gasteiger partial charge is 0.257 e. The lowest BCUT2D eigenvalue weighted by atomic mass is 10.0. The fourth-order valence-electron chi connectivity index (χ4n) is 3.49. The monoisotopic (exact) mass is 340 g/mol. The van der Waals surface area contributed by atoms with E-state index in [1.165, 1.54) is 17.7 Å². The van der Waals surface area contributed by atoms with Crippen LogP contribution in [0.1, 0.15) is 40.9 Å². The number of fused-ring (bicyclic) bond motifs is 1. The summed E-state index contributed by atoms with van der Waals surface area (Å²) < 4.78 is 1.80. The van der Waals surface area contributed by atoms with E-state index in [0.29, 0.717) is 11.2 Å². The van der Waals surface area contributed by atoms with Crippen molar-refractivity contribution in [2.24, 2.45) is 0 Å². The lowest BCUT2D eigenvalue weighted by Gasteiger charge is -2.30. The highest BCUT2D eigenvalue weighted by Gasteiger charge is 2.28. The molecule has 124 valence electrons. The van der Waals surface area contributed by atoms with Gasteiger partial charge in [-0.1, -0.05) is 18.9 Å². The fourth-order valence-corrected chi connectivity index (χ4v) is 4.27. The van der Waals surface area contributed by atoms with Crippen molar-refractivity contribution in [2.45, 2.75) is 38.1 Å². The lowest BCUT2D eigenvalue weighted by Crippen LogP contribution is -2.41. The van der Waals surface area contributed by atoms with Crippen LogP contribution in [0.15, 0.2) is 42.2 Å². The second kappa shape index (κ2) is 6.73. The van der Waals surface area contributed by atoms with Crippen LogP contribution in [0.4, 0.5) is 0 Å². The number of thiophene rings is 1. The van der Waals surface area contributed by atoms with Gasteiger partial charge in [0.2, 0.25) is 0 Å². The molecule has 1 fully saturated rings. The molecule has 0 aromatic carbocycles. The Morgan fingerprint density at radius 1 is 1.25 bits per heavy atom. The molecule has 0 spiro atoms. The molecule has 0 radical (unpaired) electrons. The fraction of sp³-hybridized carbons (Fsp3) is 0.389. The van der Waals surface area contributed by atoms with Crippen molar-refractivity contribution < 1.29 is 4.79 Å². The summed E-state index contributed by atoms with van der Waals surface area (Å²) in [6, 6.07) is 8.26. The molecule has 0 bridgehead atoms. The van der Waals surface area contributed by atoms with Gasteiger partial charge >= 0.3 is 0 Å². The molecule has 1 saturated heterocycles. The van der Waals surface area contributed by atoms with Crippen LogP contribution in [0.25, 0.3) is 5.65 Å². The minimum Gasteiger partial charge on any atom is -0.335 e. The van der Waals surface area contributed by atoms with Crippen molar-refractivity contribution in [2.75, 3.05) is 6.54 Å². The molecule has 1 atom stereocenters. The molecule has 1 unspecified atom stereocenters. The third kappa shape index (κ3) is 2.94. The number of pyridine rings is 1. The van der Waals surface area contributed by atoms with Gasteiger partial charge in [-0.15, -0.1) is 21.5 Å². The van der Waals surface area contributed by atoms with Crippen molar-refractivity contribution in [3.63, 3.8) is 0 Å². The Labute approximate surface area is 144 Å². The number of carbonyl (C=O) groups is 1. The van der Waals surface area contributed by atoms with Gasteiger partial charge < -0.3 is 4.90 Å². The molecule has 4 rings (SSSR count). The van der Waals surface area contributed by atoms with E-state index >= 15 is 0 Å². The summed E-state index contributed by atoms with van der Waals surface area (Å²) in [5.41, 5.74) is 1.29.